The van der Waals surface area contributed by atoms with Gasteiger partial charge in [-0.2, -0.15) is 0 Å². The maximum Gasteiger partial charge on any atom is 0.344 e. The van der Waals surface area contributed by atoms with Crippen LogP contribution >= 0.6 is 0 Å². The SMILES string of the molecule is C=C[C@@]1(C)CC(=O)[C@]2(O)[C@@]3(C)[C@@H](O)C(OC(=O)COC(=O)CN4CCC(c5ccccc5)CC4)CC(C)(C)[C@@H]3[C@H](O)C[C@@]2(C)O1. The van der Waals surface area contributed by atoms with Gasteiger partial charge in [0.25, 0.3) is 0 Å². The molecule has 1 aromatic carbocycles. The largest absolute Gasteiger partial charge is 0.457 e. The number of likely N-dealkylation sites (tertiary alicyclic amines) is 1. The van der Waals surface area contributed by atoms with E-state index in [0.29, 0.717) is 5.92 Å². The van der Waals surface area contributed by atoms with Crippen LogP contribution in [0.2, 0.25) is 0 Å². The van der Waals surface area contributed by atoms with Crippen LogP contribution in [0.15, 0.2) is 43.0 Å². The van der Waals surface area contributed by atoms with Crippen molar-refractivity contribution in [2.45, 2.75) is 108 Å². The highest BCUT2D eigenvalue weighted by Crippen LogP contribution is 2.66. The Morgan fingerprint density at radius 1 is 1.04 bits per heavy atom. The molecule has 1 unspecified atom stereocenters. The Hall–Kier alpha value is -2.63. The molecule has 4 aliphatic rings. The Labute approximate surface area is 265 Å². The number of rotatable bonds is 7. The van der Waals surface area contributed by atoms with Crippen LogP contribution in [0.3, 0.4) is 0 Å². The Balaban J connectivity index is 1.24. The summed E-state index contributed by atoms with van der Waals surface area (Å²) in [6, 6.07) is 10.3. The summed E-state index contributed by atoms with van der Waals surface area (Å²) in [6.07, 6.45) is -0.365. The Bertz CT molecular complexity index is 1310. The Morgan fingerprint density at radius 2 is 1.69 bits per heavy atom. The van der Waals surface area contributed by atoms with Crippen LogP contribution in [0.1, 0.15) is 78.2 Å². The van der Waals surface area contributed by atoms with Crippen molar-refractivity contribution in [2.24, 2.45) is 16.7 Å². The molecule has 2 saturated carbocycles. The van der Waals surface area contributed by atoms with Crippen LogP contribution in [0.5, 0.6) is 0 Å². The first-order valence-electron chi connectivity index (χ1n) is 16.1. The predicted octanol–water partition coefficient (Wildman–Crippen LogP) is 2.92. The van der Waals surface area contributed by atoms with E-state index in [0.717, 1.165) is 25.9 Å². The van der Waals surface area contributed by atoms with Gasteiger partial charge in [-0.05, 0) is 63.1 Å². The third-order valence-electron chi connectivity index (χ3n) is 11.4. The molecule has 0 radical (unpaired) electrons. The molecule has 0 amide bonds. The lowest BCUT2D eigenvalue weighted by Crippen LogP contribution is -2.83. The Morgan fingerprint density at radius 3 is 2.31 bits per heavy atom. The van der Waals surface area contributed by atoms with Gasteiger partial charge in [-0.3, -0.25) is 14.5 Å². The predicted molar refractivity (Wildman–Crippen MR) is 165 cm³/mol. The monoisotopic (exact) mass is 627 g/mol. The van der Waals surface area contributed by atoms with Crippen LogP contribution in [0, 0.1) is 16.7 Å². The molecule has 2 heterocycles. The smallest absolute Gasteiger partial charge is 0.344 e. The van der Waals surface area contributed by atoms with Crippen molar-refractivity contribution in [1.29, 1.82) is 0 Å². The molecule has 0 bridgehead atoms. The van der Waals surface area contributed by atoms with Crippen molar-refractivity contribution in [3.63, 3.8) is 0 Å². The van der Waals surface area contributed by atoms with E-state index in [9.17, 15) is 29.7 Å². The molecule has 1 aromatic rings. The molecule has 0 aromatic heterocycles. The molecular weight excluding hydrogens is 578 g/mol. The van der Waals surface area contributed by atoms with Crippen molar-refractivity contribution in [3.8, 4) is 0 Å². The summed E-state index contributed by atoms with van der Waals surface area (Å²) < 4.78 is 17.3. The van der Waals surface area contributed by atoms with Gasteiger partial charge >= 0.3 is 11.9 Å². The number of piperidine rings is 1. The molecule has 2 saturated heterocycles. The van der Waals surface area contributed by atoms with Gasteiger partial charge < -0.3 is 29.5 Å². The maximum absolute atomic E-state index is 13.9. The first-order valence-corrected chi connectivity index (χ1v) is 16.1. The summed E-state index contributed by atoms with van der Waals surface area (Å²) in [4.78, 5) is 41.5. The van der Waals surface area contributed by atoms with Gasteiger partial charge in [-0.15, -0.1) is 6.58 Å². The highest BCUT2D eigenvalue weighted by Gasteiger charge is 2.79. The van der Waals surface area contributed by atoms with Gasteiger partial charge in [0.2, 0.25) is 0 Å². The van der Waals surface area contributed by atoms with Crippen LogP contribution in [0.4, 0.5) is 0 Å². The van der Waals surface area contributed by atoms with E-state index < -0.39 is 76.2 Å². The molecule has 10 nitrogen and oxygen atoms in total. The number of ketones is 1. The number of aliphatic hydroxyl groups excluding tert-OH is 2. The number of hydrogen-bond donors (Lipinski definition) is 3. The Kier molecular flexibility index (Phi) is 8.90. The summed E-state index contributed by atoms with van der Waals surface area (Å²) in [5.74, 6) is -2.19. The molecule has 2 aliphatic carbocycles. The number of ether oxygens (including phenoxy) is 3. The molecule has 45 heavy (non-hydrogen) atoms. The quantitative estimate of drug-likeness (QED) is 0.305. The molecule has 4 fully saturated rings. The number of carbonyl (C=O) groups excluding carboxylic acids is 3. The number of esters is 2. The molecular formula is C35H49NO9. The fourth-order valence-electron chi connectivity index (χ4n) is 9.38. The van der Waals surface area contributed by atoms with Crippen molar-refractivity contribution < 1.29 is 43.9 Å². The van der Waals surface area contributed by atoms with E-state index in [4.69, 9.17) is 14.2 Å². The summed E-state index contributed by atoms with van der Waals surface area (Å²) >= 11 is 0. The number of benzene rings is 1. The fourth-order valence-corrected chi connectivity index (χ4v) is 9.38. The minimum Gasteiger partial charge on any atom is -0.457 e. The molecule has 5 rings (SSSR count). The van der Waals surface area contributed by atoms with Crippen molar-refractivity contribution in [1.82, 2.24) is 4.90 Å². The van der Waals surface area contributed by atoms with E-state index in [2.05, 4.69) is 18.7 Å². The topological polar surface area (TPSA) is 143 Å². The number of Topliss-reactive ketones (excluding diaryl/α,β-unsaturated/α-hetero) is 1. The molecule has 2 aliphatic heterocycles. The van der Waals surface area contributed by atoms with Crippen LogP contribution < -0.4 is 0 Å². The van der Waals surface area contributed by atoms with Gasteiger partial charge in [0, 0.05) is 24.2 Å². The number of fused-ring (bicyclic) bond motifs is 3. The van der Waals surface area contributed by atoms with Crippen molar-refractivity contribution in [2.75, 3.05) is 26.2 Å². The first-order chi connectivity index (χ1) is 21.0. The second-order valence-electron chi connectivity index (χ2n) is 15.0. The van der Waals surface area contributed by atoms with Gasteiger partial charge in [-0.1, -0.05) is 57.2 Å². The van der Waals surface area contributed by atoms with E-state index in [-0.39, 0.29) is 25.8 Å². The molecule has 248 valence electrons. The summed E-state index contributed by atoms with van der Waals surface area (Å²) in [5.41, 5.74) is -5.93. The summed E-state index contributed by atoms with van der Waals surface area (Å²) in [5, 5.41) is 35.7. The second-order valence-corrected chi connectivity index (χ2v) is 15.0. The van der Waals surface area contributed by atoms with Gasteiger partial charge in [-0.25, -0.2) is 4.79 Å². The fraction of sp³-hybridized carbons (Fsp3) is 0.686. The zero-order valence-corrected chi connectivity index (χ0v) is 27.2. The van der Waals surface area contributed by atoms with E-state index in [1.54, 1.807) is 20.8 Å². The lowest BCUT2D eigenvalue weighted by Gasteiger charge is -2.70. The van der Waals surface area contributed by atoms with E-state index in [1.165, 1.54) is 11.6 Å². The van der Waals surface area contributed by atoms with Crippen LogP contribution in [0.25, 0.3) is 0 Å². The zero-order chi connectivity index (χ0) is 33.0. The first kappa shape index (κ1) is 33.7. The van der Waals surface area contributed by atoms with Crippen molar-refractivity contribution >= 4 is 17.7 Å². The highest BCUT2D eigenvalue weighted by molar-refractivity contribution is 5.92. The lowest BCUT2D eigenvalue weighted by atomic mass is 9.40. The standard InChI is InChI=1S/C35H49NO9/c1-7-32(4)19-26(38)35(42)33(5,45-32)17-24(37)29-31(2,3)18-25(30(41)34(29,35)6)44-28(40)21-43-27(39)20-36-15-13-23(14-16-36)22-11-9-8-10-12-22/h7-12,23-25,29-30,37,41-42H,1,13-21H2,2-6H3/t24-,25?,29+,30+,32+,33-,34-,35-/m1/s1. The zero-order valence-electron chi connectivity index (χ0n) is 27.2. The number of aliphatic hydroxyl groups is 3. The van der Waals surface area contributed by atoms with Gasteiger partial charge in [0.1, 0.15) is 11.7 Å². The molecule has 10 heteroatoms. The van der Waals surface area contributed by atoms with Crippen LogP contribution in [-0.4, -0.2) is 99.3 Å². The summed E-state index contributed by atoms with van der Waals surface area (Å²) in [6.45, 7) is 13.3. The average Bonchev–Trinajstić information content (AvgIpc) is 2.97. The number of nitrogens with zero attached hydrogens (tertiary/aromatic N) is 1. The summed E-state index contributed by atoms with van der Waals surface area (Å²) in [7, 11) is 0. The number of carbonyl (C=O) groups is 3. The molecule has 3 N–H and O–H groups in total. The third-order valence-corrected chi connectivity index (χ3v) is 11.4. The van der Waals surface area contributed by atoms with E-state index in [1.807, 2.05) is 36.9 Å². The number of hydrogen-bond acceptors (Lipinski definition) is 10. The van der Waals surface area contributed by atoms with Gasteiger partial charge in [0.05, 0.1) is 24.4 Å². The lowest BCUT2D eigenvalue weighted by molar-refractivity contribution is -0.350. The van der Waals surface area contributed by atoms with Crippen LogP contribution in [-0.2, 0) is 28.6 Å². The van der Waals surface area contributed by atoms with Crippen molar-refractivity contribution in [3.05, 3.63) is 48.6 Å². The molecule has 0 spiro atoms. The maximum atomic E-state index is 13.9. The second kappa shape index (κ2) is 11.9. The molecule has 8 atom stereocenters. The minimum atomic E-state index is -2.20. The third kappa shape index (κ3) is 5.67. The van der Waals surface area contributed by atoms with E-state index >= 15 is 0 Å². The minimum absolute atomic E-state index is 0.0284. The normalized spacial score (nSPS) is 40.1. The average molecular weight is 628 g/mol. The van der Waals surface area contributed by atoms with Gasteiger partial charge in [0.15, 0.2) is 18.0 Å². The highest BCUT2D eigenvalue weighted by atomic mass is 16.6.